The van der Waals surface area contributed by atoms with Crippen molar-refractivity contribution in [1.82, 2.24) is 4.90 Å². The second kappa shape index (κ2) is 6.79. The average Bonchev–Trinajstić information content (AvgIpc) is 2.35. The SMILES string of the molecule is C/C(=N\c1c(C)cccc1C)N1CCCCC1.Cl. The van der Waals surface area contributed by atoms with Gasteiger partial charge in [0.05, 0.1) is 5.69 Å². The monoisotopic (exact) mass is 266 g/mol. The second-order valence-corrected chi connectivity index (χ2v) is 4.95. The Balaban J connectivity index is 0.00000162. The summed E-state index contributed by atoms with van der Waals surface area (Å²) in [7, 11) is 0. The molecule has 0 atom stereocenters. The summed E-state index contributed by atoms with van der Waals surface area (Å²) in [5.74, 6) is 1.17. The molecule has 3 heteroatoms. The van der Waals surface area contributed by atoms with Gasteiger partial charge >= 0.3 is 0 Å². The molecule has 1 aliphatic heterocycles. The molecule has 1 heterocycles. The summed E-state index contributed by atoms with van der Waals surface area (Å²) in [6, 6.07) is 6.37. The number of benzene rings is 1. The molecule has 1 aromatic carbocycles. The summed E-state index contributed by atoms with van der Waals surface area (Å²) < 4.78 is 0. The lowest BCUT2D eigenvalue weighted by Crippen LogP contribution is -2.33. The fourth-order valence-electron chi connectivity index (χ4n) is 2.43. The number of amidine groups is 1. The van der Waals surface area contributed by atoms with Gasteiger partial charge in [0.25, 0.3) is 0 Å². The number of hydrogen-bond donors (Lipinski definition) is 0. The van der Waals surface area contributed by atoms with Crippen molar-refractivity contribution in [1.29, 1.82) is 0 Å². The van der Waals surface area contributed by atoms with Gasteiger partial charge in [-0.25, -0.2) is 4.99 Å². The highest BCUT2D eigenvalue weighted by molar-refractivity contribution is 5.85. The van der Waals surface area contributed by atoms with E-state index >= 15 is 0 Å². The minimum absolute atomic E-state index is 0. The predicted molar refractivity (Wildman–Crippen MR) is 81.4 cm³/mol. The first-order chi connectivity index (χ1) is 8.18. The molecule has 0 N–H and O–H groups in total. The molecule has 1 fully saturated rings. The molecular formula is C15H23ClN2. The topological polar surface area (TPSA) is 15.6 Å². The van der Waals surface area contributed by atoms with E-state index < -0.39 is 0 Å². The Bertz CT molecular complexity index is 400. The fourth-order valence-corrected chi connectivity index (χ4v) is 2.43. The van der Waals surface area contributed by atoms with Crippen molar-refractivity contribution in [2.75, 3.05) is 13.1 Å². The highest BCUT2D eigenvalue weighted by atomic mass is 35.5. The van der Waals surface area contributed by atoms with Crippen LogP contribution in [0.2, 0.25) is 0 Å². The van der Waals surface area contributed by atoms with Crippen molar-refractivity contribution in [2.45, 2.75) is 40.0 Å². The van der Waals surface area contributed by atoms with Crippen LogP contribution in [0.15, 0.2) is 23.2 Å². The molecule has 2 rings (SSSR count). The van der Waals surface area contributed by atoms with Crippen molar-refractivity contribution in [3.8, 4) is 0 Å². The van der Waals surface area contributed by atoms with Gasteiger partial charge in [0.1, 0.15) is 5.84 Å². The summed E-state index contributed by atoms with van der Waals surface area (Å²) >= 11 is 0. The number of hydrogen-bond acceptors (Lipinski definition) is 1. The zero-order valence-corrected chi connectivity index (χ0v) is 12.4. The van der Waals surface area contributed by atoms with E-state index in [4.69, 9.17) is 4.99 Å². The van der Waals surface area contributed by atoms with Crippen LogP contribution >= 0.6 is 12.4 Å². The zero-order valence-electron chi connectivity index (χ0n) is 11.6. The molecule has 100 valence electrons. The number of piperidine rings is 1. The summed E-state index contributed by atoms with van der Waals surface area (Å²) in [6.07, 6.45) is 3.98. The summed E-state index contributed by atoms with van der Waals surface area (Å²) in [5, 5.41) is 0. The van der Waals surface area contributed by atoms with E-state index in [0.29, 0.717) is 0 Å². The van der Waals surface area contributed by atoms with Gasteiger partial charge < -0.3 is 4.90 Å². The molecule has 0 aromatic heterocycles. The van der Waals surface area contributed by atoms with Gasteiger partial charge in [-0.1, -0.05) is 18.2 Å². The maximum Gasteiger partial charge on any atom is 0.102 e. The molecule has 1 saturated heterocycles. The molecule has 2 nitrogen and oxygen atoms in total. The number of nitrogens with zero attached hydrogens (tertiary/aromatic N) is 2. The third-order valence-corrected chi connectivity index (χ3v) is 3.53. The summed E-state index contributed by atoms with van der Waals surface area (Å²) in [6.45, 7) is 8.74. The van der Waals surface area contributed by atoms with E-state index in [1.54, 1.807) is 0 Å². The van der Waals surface area contributed by atoms with Gasteiger partial charge in [-0.05, 0) is 51.2 Å². The normalized spacial score (nSPS) is 16.4. The molecule has 0 unspecified atom stereocenters. The van der Waals surface area contributed by atoms with Crippen LogP contribution in [0.3, 0.4) is 0 Å². The Morgan fingerprint density at radius 1 is 1.06 bits per heavy atom. The Morgan fingerprint density at radius 3 is 2.17 bits per heavy atom. The highest BCUT2D eigenvalue weighted by Gasteiger charge is 2.11. The van der Waals surface area contributed by atoms with Crippen molar-refractivity contribution >= 4 is 23.9 Å². The van der Waals surface area contributed by atoms with Crippen molar-refractivity contribution in [3.63, 3.8) is 0 Å². The lowest BCUT2D eigenvalue weighted by atomic mass is 10.1. The fraction of sp³-hybridized carbons (Fsp3) is 0.533. The van der Waals surface area contributed by atoms with Gasteiger partial charge in [-0.15, -0.1) is 12.4 Å². The maximum absolute atomic E-state index is 4.82. The van der Waals surface area contributed by atoms with E-state index in [0.717, 1.165) is 5.69 Å². The Labute approximate surface area is 117 Å². The first-order valence-corrected chi connectivity index (χ1v) is 6.55. The number of likely N-dealkylation sites (tertiary alicyclic amines) is 1. The van der Waals surface area contributed by atoms with Crippen molar-refractivity contribution in [3.05, 3.63) is 29.3 Å². The number of aryl methyl sites for hydroxylation is 2. The van der Waals surface area contributed by atoms with Crippen LogP contribution in [0.5, 0.6) is 0 Å². The zero-order chi connectivity index (χ0) is 12.3. The lowest BCUT2D eigenvalue weighted by molar-refractivity contribution is 0.340. The smallest absolute Gasteiger partial charge is 0.102 e. The van der Waals surface area contributed by atoms with Crippen LogP contribution in [-0.4, -0.2) is 23.8 Å². The van der Waals surface area contributed by atoms with Gasteiger partial charge in [0.15, 0.2) is 0 Å². The molecule has 1 aliphatic rings. The summed E-state index contributed by atoms with van der Waals surface area (Å²) in [4.78, 5) is 7.24. The van der Waals surface area contributed by atoms with Crippen LogP contribution in [0, 0.1) is 13.8 Å². The minimum atomic E-state index is 0. The van der Waals surface area contributed by atoms with Gasteiger partial charge in [-0.3, -0.25) is 0 Å². The molecule has 18 heavy (non-hydrogen) atoms. The predicted octanol–water partition coefficient (Wildman–Crippen LogP) is 4.26. The molecule has 0 bridgehead atoms. The van der Waals surface area contributed by atoms with E-state index in [9.17, 15) is 0 Å². The lowest BCUT2D eigenvalue weighted by Gasteiger charge is -2.28. The molecule has 0 aliphatic carbocycles. The third-order valence-electron chi connectivity index (χ3n) is 3.53. The first-order valence-electron chi connectivity index (χ1n) is 6.55. The Kier molecular flexibility index (Phi) is 5.67. The van der Waals surface area contributed by atoms with Crippen LogP contribution in [0.4, 0.5) is 5.69 Å². The first kappa shape index (κ1) is 15.0. The van der Waals surface area contributed by atoms with E-state index in [-0.39, 0.29) is 12.4 Å². The maximum atomic E-state index is 4.82. The van der Waals surface area contributed by atoms with Gasteiger partial charge in [-0.2, -0.15) is 0 Å². The average molecular weight is 267 g/mol. The van der Waals surface area contributed by atoms with Crippen molar-refractivity contribution in [2.24, 2.45) is 4.99 Å². The molecular weight excluding hydrogens is 244 g/mol. The molecule has 1 aromatic rings. The molecule has 0 amide bonds. The quantitative estimate of drug-likeness (QED) is 0.548. The largest absolute Gasteiger partial charge is 0.360 e. The van der Waals surface area contributed by atoms with E-state index in [1.165, 1.54) is 49.3 Å². The molecule has 0 saturated carbocycles. The Hall–Kier alpha value is -1.02. The van der Waals surface area contributed by atoms with Crippen LogP contribution in [-0.2, 0) is 0 Å². The third kappa shape index (κ3) is 3.49. The highest BCUT2D eigenvalue weighted by Crippen LogP contribution is 2.24. The molecule has 0 radical (unpaired) electrons. The van der Waals surface area contributed by atoms with Crippen molar-refractivity contribution < 1.29 is 0 Å². The number of rotatable bonds is 1. The number of aliphatic imine (C=N–C) groups is 1. The molecule has 0 spiro atoms. The van der Waals surface area contributed by atoms with Crippen LogP contribution in [0.25, 0.3) is 0 Å². The van der Waals surface area contributed by atoms with Gasteiger partial charge in [0, 0.05) is 13.1 Å². The van der Waals surface area contributed by atoms with E-state index in [2.05, 4.69) is 43.9 Å². The van der Waals surface area contributed by atoms with Gasteiger partial charge in [0.2, 0.25) is 0 Å². The minimum Gasteiger partial charge on any atom is -0.360 e. The van der Waals surface area contributed by atoms with E-state index in [1.807, 2.05) is 0 Å². The summed E-state index contributed by atoms with van der Waals surface area (Å²) in [5.41, 5.74) is 3.68. The Morgan fingerprint density at radius 2 is 1.61 bits per heavy atom. The van der Waals surface area contributed by atoms with Crippen LogP contribution in [0.1, 0.15) is 37.3 Å². The second-order valence-electron chi connectivity index (χ2n) is 4.95. The number of halogens is 1. The number of para-hydroxylation sites is 1. The van der Waals surface area contributed by atoms with Crippen LogP contribution < -0.4 is 0 Å². The standard InChI is InChI=1S/C15H22N2.ClH/c1-12-8-7-9-13(2)15(12)16-14(3)17-10-5-4-6-11-17;/h7-9H,4-6,10-11H2,1-3H3;1H/b16-14+;.